The standard InChI is InChI=1S/C11H9ClN2O2/c12-5-1-2-6-8(10(5)15)9-7(14-6)3-4-13-11(9)16/h1-2,14-15H,3-4H2,(H,13,16). The lowest BCUT2D eigenvalue weighted by atomic mass is 10.0. The van der Waals surface area contributed by atoms with Crippen LogP contribution in [0.5, 0.6) is 5.75 Å². The number of aromatic hydroxyl groups is 1. The lowest BCUT2D eigenvalue weighted by Gasteiger charge is -2.12. The van der Waals surface area contributed by atoms with Crippen molar-refractivity contribution in [2.24, 2.45) is 0 Å². The van der Waals surface area contributed by atoms with E-state index in [0.717, 1.165) is 17.6 Å². The molecule has 0 fully saturated rings. The van der Waals surface area contributed by atoms with Gasteiger partial charge in [0, 0.05) is 18.7 Å². The van der Waals surface area contributed by atoms with E-state index in [9.17, 15) is 9.90 Å². The fourth-order valence-corrected chi connectivity index (χ4v) is 2.28. The van der Waals surface area contributed by atoms with Crippen LogP contribution in [0.25, 0.3) is 10.9 Å². The highest BCUT2D eigenvalue weighted by atomic mass is 35.5. The van der Waals surface area contributed by atoms with Crippen molar-refractivity contribution in [2.75, 3.05) is 6.54 Å². The summed E-state index contributed by atoms with van der Waals surface area (Å²) in [5, 5.41) is 13.4. The molecule has 16 heavy (non-hydrogen) atoms. The minimum absolute atomic E-state index is 0.0336. The highest BCUT2D eigenvalue weighted by Crippen LogP contribution is 2.36. The largest absolute Gasteiger partial charge is 0.506 e. The summed E-state index contributed by atoms with van der Waals surface area (Å²) in [4.78, 5) is 14.9. The zero-order chi connectivity index (χ0) is 11.3. The SMILES string of the molecule is O=C1NCCc2[nH]c3ccc(Cl)c(O)c3c21. The van der Waals surface area contributed by atoms with Gasteiger partial charge in [-0.3, -0.25) is 4.79 Å². The molecule has 1 aliphatic heterocycles. The molecule has 2 aromatic rings. The van der Waals surface area contributed by atoms with Crippen LogP contribution in [-0.2, 0) is 6.42 Å². The van der Waals surface area contributed by atoms with Crippen LogP contribution in [-0.4, -0.2) is 22.5 Å². The maximum Gasteiger partial charge on any atom is 0.253 e. The number of nitrogens with one attached hydrogen (secondary N) is 2. The van der Waals surface area contributed by atoms with Crippen LogP contribution >= 0.6 is 11.6 Å². The Labute approximate surface area is 96.2 Å². The highest BCUT2D eigenvalue weighted by Gasteiger charge is 2.24. The zero-order valence-corrected chi connectivity index (χ0v) is 9.06. The molecule has 0 aliphatic carbocycles. The number of benzene rings is 1. The predicted molar refractivity (Wildman–Crippen MR) is 61.0 cm³/mol. The average Bonchev–Trinajstić information content (AvgIpc) is 2.64. The molecular formula is C11H9ClN2O2. The van der Waals surface area contributed by atoms with Gasteiger partial charge in [0.05, 0.1) is 21.5 Å². The Balaban J connectivity index is 2.44. The number of halogens is 1. The Bertz CT molecular complexity index is 604. The molecule has 0 bridgehead atoms. The van der Waals surface area contributed by atoms with Crippen LogP contribution in [0.2, 0.25) is 5.02 Å². The molecule has 2 heterocycles. The lowest BCUT2D eigenvalue weighted by Crippen LogP contribution is -2.31. The van der Waals surface area contributed by atoms with Crippen molar-refractivity contribution >= 4 is 28.4 Å². The number of phenols is 1. The van der Waals surface area contributed by atoms with E-state index in [0.29, 0.717) is 17.5 Å². The zero-order valence-electron chi connectivity index (χ0n) is 8.30. The van der Waals surface area contributed by atoms with Crippen LogP contribution in [0.1, 0.15) is 16.1 Å². The Kier molecular flexibility index (Phi) is 1.88. The number of phenolic OH excluding ortho intramolecular Hbond substituents is 1. The first kappa shape index (κ1) is 9.54. The molecular weight excluding hydrogens is 228 g/mol. The molecule has 0 saturated heterocycles. The van der Waals surface area contributed by atoms with Crippen molar-refractivity contribution in [3.8, 4) is 5.75 Å². The monoisotopic (exact) mass is 236 g/mol. The number of amides is 1. The van der Waals surface area contributed by atoms with Gasteiger partial charge in [-0.05, 0) is 12.1 Å². The fourth-order valence-electron chi connectivity index (χ4n) is 2.13. The van der Waals surface area contributed by atoms with Gasteiger partial charge in [0.1, 0.15) is 5.75 Å². The van der Waals surface area contributed by atoms with E-state index in [1.165, 1.54) is 0 Å². The minimum Gasteiger partial charge on any atom is -0.506 e. The van der Waals surface area contributed by atoms with Crippen LogP contribution in [0, 0.1) is 0 Å². The van der Waals surface area contributed by atoms with Gasteiger partial charge in [-0.15, -0.1) is 0 Å². The van der Waals surface area contributed by atoms with Crippen molar-refractivity contribution < 1.29 is 9.90 Å². The summed E-state index contributed by atoms with van der Waals surface area (Å²) in [7, 11) is 0. The second-order valence-corrected chi connectivity index (χ2v) is 4.21. The van der Waals surface area contributed by atoms with Gasteiger partial charge in [-0.25, -0.2) is 0 Å². The molecule has 3 rings (SSSR count). The molecule has 4 nitrogen and oxygen atoms in total. The predicted octanol–water partition coefficient (Wildman–Crippen LogP) is 1.81. The van der Waals surface area contributed by atoms with E-state index in [1.807, 2.05) is 0 Å². The number of hydrogen-bond acceptors (Lipinski definition) is 2. The third kappa shape index (κ3) is 1.13. The van der Waals surface area contributed by atoms with E-state index in [2.05, 4.69) is 10.3 Å². The molecule has 3 N–H and O–H groups in total. The molecule has 82 valence electrons. The summed E-state index contributed by atoms with van der Waals surface area (Å²) in [5.74, 6) is -0.196. The first-order valence-corrected chi connectivity index (χ1v) is 5.36. The average molecular weight is 237 g/mol. The third-order valence-electron chi connectivity index (χ3n) is 2.85. The van der Waals surface area contributed by atoms with Gasteiger partial charge in [0.15, 0.2) is 0 Å². The Hall–Kier alpha value is -1.68. The second kappa shape index (κ2) is 3.15. The van der Waals surface area contributed by atoms with E-state index in [1.54, 1.807) is 12.1 Å². The van der Waals surface area contributed by atoms with Crippen molar-refractivity contribution in [1.82, 2.24) is 10.3 Å². The third-order valence-corrected chi connectivity index (χ3v) is 3.16. The smallest absolute Gasteiger partial charge is 0.253 e. The maximum absolute atomic E-state index is 11.7. The van der Waals surface area contributed by atoms with Crippen LogP contribution in [0.15, 0.2) is 12.1 Å². The molecule has 1 aromatic carbocycles. The molecule has 5 heteroatoms. The highest BCUT2D eigenvalue weighted by molar-refractivity contribution is 6.33. The topological polar surface area (TPSA) is 65.1 Å². The van der Waals surface area contributed by atoms with Crippen LogP contribution in [0.3, 0.4) is 0 Å². The van der Waals surface area contributed by atoms with Crippen molar-refractivity contribution in [3.63, 3.8) is 0 Å². The number of hydrogen-bond donors (Lipinski definition) is 3. The minimum atomic E-state index is -0.162. The molecule has 0 saturated carbocycles. The molecule has 0 radical (unpaired) electrons. The molecule has 1 aromatic heterocycles. The fraction of sp³-hybridized carbons (Fsp3) is 0.182. The van der Waals surface area contributed by atoms with Gasteiger partial charge in [0.2, 0.25) is 0 Å². The van der Waals surface area contributed by atoms with Crippen molar-refractivity contribution in [2.45, 2.75) is 6.42 Å². The van der Waals surface area contributed by atoms with Crippen molar-refractivity contribution in [1.29, 1.82) is 0 Å². The molecule has 1 amide bonds. The number of rotatable bonds is 0. The summed E-state index contributed by atoms with van der Waals surface area (Å²) in [5.41, 5.74) is 2.11. The Morgan fingerprint density at radius 1 is 1.38 bits per heavy atom. The number of carbonyl (C=O) groups is 1. The number of fused-ring (bicyclic) bond motifs is 3. The summed E-state index contributed by atoms with van der Waals surface area (Å²) in [6, 6.07) is 3.38. The number of carbonyl (C=O) groups excluding carboxylic acids is 1. The summed E-state index contributed by atoms with van der Waals surface area (Å²) >= 11 is 5.84. The normalized spacial score (nSPS) is 14.9. The van der Waals surface area contributed by atoms with Gasteiger partial charge in [-0.2, -0.15) is 0 Å². The van der Waals surface area contributed by atoms with E-state index < -0.39 is 0 Å². The van der Waals surface area contributed by atoms with Crippen molar-refractivity contribution in [3.05, 3.63) is 28.4 Å². The second-order valence-electron chi connectivity index (χ2n) is 3.80. The first-order valence-electron chi connectivity index (χ1n) is 4.98. The van der Waals surface area contributed by atoms with Crippen LogP contribution < -0.4 is 5.32 Å². The summed E-state index contributed by atoms with van der Waals surface area (Å²) < 4.78 is 0. The summed E-state index contributed by atoms with van der Waals surface area (Å²) in [6.45, 7) is 0.618. The Morgan fingerprint density at radius 3 is 3.00 bits per heavy atom. The van der Waals surface area contributed by atoms with Gasteiger partial charge < -0.3 is 15.4 Å². The van der Waals surface area contributed by atoms with E-state index in [4.69, 9.17) is 11.6 Å². The lowest BCUT2D eigenvalue weighted by molar-refractivity contribution is 0.0947. The van der Waals surface area contributed by atoms with Gasteiger partial charge in [-0.1, -0.05) is 11.6 Å². The van der Waals surface area contributed by atoms with E-state index >= 15 is 0 Å². The number of H-pyrrole nitrogens is 1. The Morgan fingerprint density at radius 2 is 2.19 bits per heavy atom. The summed E-state index contributed by atoms with van der Waals surface area (Å²) in [6.07, 6.45) is 0.743. The van der Waals surface area contributed by atoms with Crippen LogP contribution in [0.4, 0.5) is 0 Å². The first-order chi connectivity index (χ1) is 7.68. The molecule has 0 unspecified atom stereocenters. The number of aromatic nitrogens is 1. The number of aromatic amines is 1. The maximum atomic E-state index is 11.7. The molecule has 1 aliphatic rings. The van der Waals surface area contributed by atoms with Gasteiger partial charge >= 0.3 is 0 Å². The molecule has 0 atom stereocenters. The van der Waals surface area contributed by atoms with Gasteiger partial charge in [0.25, 0.3) is 5.91 Å². The quantitative estimate of drug-likeness (QED) is 0.653. The van der Waals surface area contributed by atoms with E-state index in [-0.39, 0.29) is 16.7 Å². The molecule has 0 spiro atoms.